The normalized spacial score (nSPS) is 23.5. The highest BCUT2D eigenvalue weighted by Crippen LogP contribution is 2.33. The summed E-state index contributed by atoms with van der Waals surface area (Å²) < 4.78 is 38.2. The first-order valence-electron chi connectivity index (χ1n) is 8.22. The van der Waals surface area contributed by atoms with Gasteiger partial charge in [0.25, 0.3) is 0 Å². The second kappa shape index (κ2) is 7.61. The van der Waals surface area contributed by atoms with E-state index in [1.165, 1.54) is 17.0 Å². The minimum absolute atomic E-state index is 0.171. The van der Waals surface area contributed by atoms with Crippen LogP contribution < -0.4 is 0 Å². The molecule has 1 unspecified atom stereocenters. The predicted molar refractivity (Wildman–Crippen MR) is 86.2 cm³/mol. The molecule has 0 aromatic heterocycles. The third-order valence-electron chi connectivity index (χ3n) is 4.75. The van der Waals surface area contributed by atoms with Gasteiger partial charge in [-0.25, -0.2) is 4.79 Å². The van der Waals surface area contributed by atoms with Crippen LogP contribution in [0.15, 0.2) is 24.3 Å². The van der Waals surface area contributed by atoms with Gasteiger partial charge in [-0.3, -0.25) is 4.90 Å². The highest BCUT2D eigenvalue weighted by atomic mass is 19.4. The summed E-state index contributed by atoms with van der Waals surface area (Å²) in [6.45, 7) is 4.08. The molecule has 8 heteroatoms. The molecular formula is C17H23F3N2O3. The standard InChI is InChI=1S/C17H23F3N2O3/c1-3-15(12-4-6-13(7-5-12)17(18,19)20)22-8-11(2)21(16(24)25)9-14(22)10-23/h4-7,11,14-15,23H,3,8-10H2,1-2H3,(H,24,25)/t11-,14-,15?/m0/s1. The van der Waals surface area contributed by atoms with Crippen LogP contribution in [0.1, 0.15) is 37.4 Å². The Balaban J connectivity index is 2.25. The van der Waals surface area contributed by atoms with Gasteiger partial charge in [0.15, 0.2) is 0 Å². The van der Waals surface area contributed by atoms with Gasteiger partial charge in [0.1, 0.15) is 0 Å². The van der Waals surface area contributed by atoms with Gasteiger partial charge >= 0.3 is 12.3 Å². The zero-order valence-electron chi connectivity index (χ0n) is 14.2. The maximum Gasteiger partial charge on any atom is 0.416 e. The number of benzene rings is 1. The van der Waals surface area contributed by atoms with Crippen LogP contribution in [0, 0.1) is 0 Å². The Kier molecular flexibility index (Phi) is 5.95. The first-order chi connectivity index (χ1) is 11.7. The molecule has 0 bridgehead atoms. The number of aliphatic hydroxyl groups excluding tert-OH is 1. The Morgan fingerprint density at radius 1 is 1.28 bits per heavy atom. The van der Waals surface area contributed by atoms with Crippen molar-refractivity contribution in [3.05, 3.63) is 35.4 Å². The predicted octanol–water partition coefficient (Wildman–Crippen LogP) is 3.20. The number of nitrogens with zero attached hydrogens (tertiary/aromatic N) is 2. The zero-order valence-corrected chi connectivity index (χ0v) is 14.2. The number of carboxylic acid groups (broad SMARTS) is 1. The Bertz CT molecular complexity index is 592. The van der Waals surface area contributed by atoms with Gasteiger partial charge in [0.2, 0.25) is 0 Å². The summed E-state index contributed by atoms with van der Waals surface area (Å²) >= 11 is 0. The van der Waals surface area contributed by atoms with Crippen molar-refractivity contribution in [3.8, 4) is 0 Å². The van der Waals surface area contributed by atoms with E-state index in [2.05, 4.69) is 0 Å². The van der Waals surface area contributed by atoms with E-state index in [9.17, 15) is 28.2 Å². The molecule has 5 nitrogen and oxygen atoms in total. The van der Waals surface area contributed by atoms with E-state index < -0.39 is 17.8 Å². The molecule has 1 fully saturated rings. The molecule has 3 atom stereocenters. The second-order valence-electron chi connectivity index (χ2n) is 6.36. The van der Waals surface area contributed by atoms with Crippen LogP contribution in [0.5, 0.6) is 0 Å². The molecule has 1 aliphatic rings. The first-order valence-corrected chi connectivity index (χ1v) is 8.22. The number of hydrogen-bond acceptors (Lipinski definition) is 3. The van der Waals surface area contributed by atoms with Crippen LogP contribution in [-0.2, 0) is 6.18 Å². The minimum atomic E-state index is -4.38. The average Bonchev–Trinajstić information content (AvgIpc) is 2.55. The van der Waals surface area contributed by atoms with Crippen LogP contribution in [-0.4, -0.2) is 57.9 Å². The van der Waals surface area contributed by atoms with Gasteiger partial charge < -0.3 is 15.1 Å². The number of rotatable bonds is 4. The summed E-state index contributed by atoms with van der Waals surface area (Å²) in [5.74, 6) is 0. The van der Waals surface area contributed by atoms with E-state index in [0.717, 1.165) is 17.7 Å². The molecule has 140 valence electrons. The van der Waals surface area contributed by atoms with Crippen LogP contribution in [0.4, 0.5) is 18.0 Å². The topological polar surface area (TPSA) is 64.0 Å². The molecule has 25 heavy (non-hydrogen) atoms. The maximum absolute atomic E-state index is 12.7. The van der Waals surface area contributed by atoms with Crippen molar-refractivity contribution in [1.29, 1.82) is 0 Å². The highest BCUT2D eigenvalue weighted by molar-refractivity contribution is 5.65. The second-order valence-corrected chi connectivity index (χ2v) is 6.36. The summed E-state index contributed by atoms with van der Waals surface area (Å²) in [4.78, 5) is 14.6. The SMILES string of the molecule is CCC(c1ccc(C(F)(F)F)cc1)N1C[C@H](C)N(C(=O)O)C[C@H]1CO. The lowest BCUT2D eigenvalue weighted by Crippen LogP contribution is -2.60. The Morgan fingerprint density at radius 3 is 2.32 bits per heavy atom. The number of amides is 1. The molecule has 1 aromatic carbocycles. The van der Waals surface area contributed by atoms with Gasteiger partial charge in [0, 0.05) is 25.2 Å². The van der Waals surface area contributed by atoms with Crippen molar-refractivity contribution in [2.24, 2.45) is 0 Å². The Morgan fingerprint density at radius 2 is 1.88 bits per heavy atom. The molecular weight excluding hydrogens is 337 g/mol. The molecule has 2 N–H and O–H groups in total. The van der Waals surface area contributed by atoms with Crippen molar-refractivity contribution < 1.29 is 28.2 Å². The molecule has 0 radical (unpaired) electrons. The molecule has 2 rings (SSSR count). The molecule has 0 aliphatic carbocycles. The molecule has 1 heterocycles. The molecule has 1 aliphatic heterocycles. The van der Waals surface area contributed by atoms with E-state index in [1.54, 1.807) is 6.92 Å². The summed E-state index contributed by atoms with van der Waals surface area (Å²) in [6.07, 6.45) is -4.77. The van der Waals surface area contributed by atoms with Crippen LogP contribution in [0.2, 0.25) is 0 Å². The number of hydrogen-bond donors (Lipinski definition) is 2. The largest absolute Gasteiger partial charge is 0.465 e. The minimum Gasteiger partial charge on any atom is -0.465 e. The maximum atomic E-state index is 12.7. The van der Waals surface area contributed by atoms with Crippen LogP contribution >= 0.6 is 0 Å². The monoisotopic (exact) mass is 360 g/mol. The fourth-order valence-electron chi connectivity index (χ4n) is 3.43. The molecule has 0 saturated carbocycles. The highest BCUT2D eigenvalue weighted by Gasteiger charge is 2.37. The van der Waals surface area contributed by atoms with Gasteiger partial charge in [-0.1, -0.05) is 19.1 Å². The smallest absolute Gasteiger partial charge is 0.416 e. The number of halogens is 3. The molecule has 1 amide bonds. The fourth-order valence-corrected chi connectivity index (χ4v) is 3.43. The Hall–Kier alpha value is -1.80. The summed E-state index contributed by atoms with van der Waals surface area (Å²) in [6, 6.07) is 4.20. The van der Waals surface area contributed by atoms with Crippen molar-refractivity contribution >= 4 is 6.09 Å². The van der Waals surface area contributed by atoms with Gasteiger partial charge in [0.05, 0.1) is 18.2 Å². The summed E-state index contributed by atoms with van der Waals surface area (Å²) in [5, 5.41) is 18.9. The van der Waals surface area contributed by atoms with Gasteiger partial charge in [-0.15, -0.1) is 0 Å². The van der Waals surface area contributed by atoms with Crippen molar-refractivity contribution in [2.45, 2.75) is 44.6 Å². The lowest BCUT2D eigenvalue weighted by Gasteiger charge is -2.47. The first kappa shape index (κ1) is 19.5. The number of carbonyl (C=O) groups is 1. The van der Waals surface area contributed by atoms with Crippen LogP contribution in [0.25, 0.3) is 0 Å². The Labute approximate surface area is 144 Å². The van der Waals surface area contributed by atoms with Gasteiger partial charge in [-0.2, -0.15) is 13.2 Å². The van der Waals surface area contributed by atoms with Crippen LogP contribution in [0.3, 0.4) is 0 Å². The third kappa shape index (κ3) is 4.24. The molecule has 1 saturated heterocycles. The van der Waals surface area contributed by atoms with Crippen molar-refractivity contribution in [2.75, 3.05) is 19.7 Å². The van der Waals surface area contributed by atoms with E-state index in [1.807, 2.05) is 11.8 Å². The average molecular weight is 360 g/mol. The number of aliphatic hydroxyl groups is 1. The number of alkyl halides is 3. The molecule has 0 spiro atoms. The summed E-state index contributed by atoms with van der Waals surface area (Å²) in [5.41, 5.74) is 0.0267. The zero-order chi connectivity index (χ0) is 18.8. The van der Waals surface area contributed by atoms with E-state index in [-0.39, 0.29) is 31.3 Å². The lowest BCUT2D eigenvalue weighted by atomic mass is 9.96. The number of piperazine rings is 1. The van der Waals surface area contributed by atoms with Crippen molar-refractivity contribution in [1.82, 2.24) is 9.80 Å². The van der Waals surface area contributed by atoms with Gasteiger partial charge in [-0.05, 0) is 31.0 Å². The third-order valence-corrected chi connectivity index (χ3v) is 4.75. The lowest BCUT2D eigenvalue weighted by molar-refractivity contribution is -0.137. The van der Waals surface area contributed by atoms with E-state index >= 15 is 0 Å². The van der Waals surface area contributed by atoms with E-state index in [0.29, 0.717) is 13.0 Å². The quantitative estimate of drug-likeness (QED) is 0.866. The molecule has 1 aromatic rings. The fraction of sp³-hybridized carbons (Fsp3) is 0.588. The van der Waals surface area contributed by atoms with E-state index in [4.69, 9.17) is 0 Å². The van der Waals surface area contributed by atoms with Crippen molar-refractivity contribution in [3.63, 3.8) is 0 Å². The summed E-state index contributed by atoms with van der Waals surface area (Å²) in [7, 11) is 0.